The molecule has 20 heavy (non-hydrogen) atoms. The Morgan fingerprint density at radius 3 is 2.60 bits per heavy atom. The van der Waals surface area contributed by atoms with Crippen LogP contribution in [0.4, 0.5) is 11.4 Å². The summed E-state index contributed by atoms with van der Waals surface area (Å²) in [6, 6.07) is 10.6. The van der Waals surface area contributed by atoms with Crippen LogP contribution in [-0.4, -0.2) is 24.5 Å². The topological polar surface area (TPSA) is 68.5 Å². The van der Waals surface area contributed by atoms with Crippen molar-refractivity contribution >= 4 is 17.3 Å². The molecular formula is C15H17N3O2. The third kappa shape index (κ3) is 2.71. The van der Waals surface area contributed by atoms with Gasteiger partial charge in [0.1, 0.15) is 5.56 Å². The molecule has 1 aromatic carbocycles. The predicted octanol–water partition coefficient (Wildman–Crippen LogP) is 2.34. The molecule has 0 saturated carbocycles. The number of ether oxygens (including phenoxy) is 1. The fourth-order valence-electron chi connectivity index (χ4n) is 1.96. The molecule has 0 fully saturated rings. The van der Waals surface area contributed by atoms with E-state index in [0.29, 0.717) is 23.7 Å². The van der Waals surface area contributed by atoms with Crippen molar-refractivity contribution < 1.29 is 9.53 Å². The number of pyridine rings is 1. The van der Waals surface area contributed by atoms with Gasteiger partial charge in [0, 0.05) is 24.1 Å². The fourth-order valence-corrected chi connectivity index (χ4v) is 1.96. The number of nitrogen functional groups attached to an aromatic ring is 1. The van der Waals surface area contributed by atoms with Crippen molar-refractivity contribution in [2.45, 2.75) is 6.92 Å². The highest BCUT2D eigenvalue weighted by molar-refractivity contribution is 6.07. The van der Waals surface area contributed by atoms with Crippen LogP contribution < -0.4 is 15.4 Å². The van der Waals surface area contributed by atoms with Gasteiger partial charge in [-0.05, 0) is 43.3 Å². The molecule has 0 atom stereocenters. The molecule has 0 aliphatic carbocycles. The highest BCUT2D eigenvalue weighted by Gasteiger charge is 2.20. The number of methoxy groups -OCH3 is 1. The van der Waals surface area contributed by atoms with Gasteiger partial charge in [0.25, 0.3) is 5.91 Å². The lowest BCUT2D eigenvalue weighted by atomic mass is 10.2. The monoisotopic (exact) mass is 271 g/mol. The maximum atomic E-state index is 12.6. The molecule has 0 bridgehead atoms. The molecule has 104 valence electrons. The summed E-state index contributed by atoms with van der Waals surface area (Å²) in [5.41, 5.74) is 7.56. The third-order valence-electron chi connectivity index (χ3n) is 2.96. The maximum Gasteiger partial charge on any atom is 0.263 e. The first-order valence-electron chi connectivity index (χ1n) is 6.33. The Hall–Kier alpha value is -2.56. The molecular weight excluding hydrogens is 254 g/mol. The maximum absolute atomic E-state index is 12.6. The Bertz CT molecular complexity index is 596. The summed E-state index contributed by atoms with van der Waals surface area (Å²) in [5.74, 6) is 0.175. The Morgan fingerprint density at radius 1 is 1.30 bits per heavy atom. The lowest BCUT2D eigenvalue weighted by Crippen LogP contribution is -2.31. The number of carbonyl (C=O) groups excluding carboxylic acids is 1. The highest BCUT2D eigenvalue weighted by Crippen LogP contribution is 2.22. The average Bonchev–Trinajstić information content (AvgIpc) is 2.49. The van der Waals surface area contributed by atoms with Crippen molar-refractivity contribution in [2.75, 3.05) is 24.3 Å². The van der Waals surface area contributed by atoms with Crippen molar-refractivity contribution in [2.24, 2.45) is 0 Å². The van der Waals surface area contributed by atoms with Crippen LogP contribution in [-0.2, 0) is 0 Å². The van der Waals surface area contributed by atoms with Gasteiger partial charge in [-0.15, -0.1) is 0 Å². The summed E-state index contributed by atoms with van der Waals surface area (Å²) in [5, 5.41) is 0. The van der Waals surface area contributed by atoms with Crippen LogP contribution in [0.3, 0.4) is 0 Å². The van der Waals surface area contributed by atoms with Gasteiger partial charge >= 0.3 is 0 Å². The summed E-state index contributed by atoms with van der Waals surface area (Å²) >= 11 is 0. The van der Waals surface area contributed by atoms with E-state index in [0.717, 1.165) is 5.69 Å². The molecule has 0 radical (unpaired) electrons. The standard InChI is InChI=1S/C15H17N3O2/c1-3-18(12-8-6-11(16)7-9-12)15(19)13-5-4-10-17-14(13)20-2/h4-10H,3,16H2,1-2H3. The molecule has 1 aromatic heterocycles. The highest BCUT2D eigenvalue weighted by atomic mass is 16.5. The zero-order valence-corrected chi connectivity index (χ0v) is 11.5. The van der Waals surface area contributed by atoms with Crippen LogP contribution in [0, 0.1) is 0 Å². The van der Waals surface area contributed by atoms with Crippen molar-refractivity contribution in [3.63, 3.8) is 0 Å². The lowest BCUT2D eigenvalue weighted by Gasteiger charge is -2.21. The van der Waals surface area contributed by atoms with E-state index in [1.165, 1.54) is 7.11 Å². The number of rotatable bonds is 4. The second kappa shape index (κ2) is 6.06. The minimum absolute atomic E-state index is 0.151. The van der Waals surface area contributed by atoms with Gasteiger partial charge < -0.3 is 15.4 Å². The summed E-state index contributed by atoms with van der Waals surface area (Å²) in [6.07, 6.45) is 1.59. The largest absolute Gasteiger partial charge is 0.480 e. The van der Waals surface area contributed by atoms with E-state index in [4.69, 9.17) is 10.5 Å². The molecule has 2 aromatic rings. The van der Waals surface area contributed by atoms with Gasteiger partial charge in [-0.3, -0.25) is 4.79 Å². The summed E-state index contributed by atoms with van der Waals surface area (Å²) in [7, 11) is 1.50. The number of benzene rings is 1. The second-order valence-electron chi connectivity index (χ2n) is 4.20. The smallest absolute Gasteiger partial charge is 0.263 e. The number of carbonyl (C=O) groups is 1. The van der Waals surface area contributed by atoms with Crippen molar-refractivity contribution in [3.8, 4) is 5.88 Å². The summed E-state index contributed by atoms with van der Waals surface area (Å²) in [4.78, 5) is 18.3. The van der Waals surface area contributed by atoms with Crippen molar-refractivity contribution in [1.29, 1.82) is 0 Å². The molecule has 1 heterocycles. The zero-order valence-electron chi connectivity index (χ0n) is 11.5. The van der Waals surface area contributed by atoms with E-state index < -0.39 is 0 Å². The molecule has 0 saturated heterocycles. The third-order valence-corrected chi connectivity index (χ3v) is 2.96. The van der Waals surface area contributed by atoms with E-state index in [9.17, 15) is 4.79 Å². The predicted molar refractivity (Wildman–Crippen MR) is 79.0 cm³/mol. The summed E-state index contributed by atoms with van der Waals surface area (Å²) in [6.45, 7) is 2.46. The van der Waals surface area contributed by atoms with Gasteiger partial charge in [0.15, 0.2) is 0 Å². The van der Waals surface area contributed by atoms with Crippen LogP contribution in [0.2, 0.25) is 0 Å². The van der Waals surface area contributed by atoms with Crippen molar-refractivity contribution in [3.05, 3.63) is 48.2 Å². The number of nitrogens with two attached hydrogens (primary N) is 1. The first-order chi connectivity index (χ1) is 9.67. The van der Waals surface area contributed by atoms with E-state index in [-0.39, 0.29) is 5.91 Å². The number of hydrogen-bond donors (Lipinski definition) is 1. The molecule has 0 aliphatic rings. The van der Waals surface area contributed by atoms with Crippen LogP contribution in [0.1, 0.15) is 17.3 Å². The van der Waals surface area contributed by atoms with Crippen LogP contribution >= 0.6 is 0 Å². The van der Waals surface area contributed by atoms with Gasteiger partial charge in [0.05, 0.1) is 7.11 Å². The minimum Gasteiger partial charge on any atom is -0.480 e. The van der Waals surface area contributed by atoms with Crippen LogP contribution in [0.25, 0.3) is 0 Å². The quantitative estimate of drug-likeness (QED) is 0.867. The number of amides is 1. The Balaban J connectivity index is 2.36. The Kier molecular flexibility index (Phi) is 4.20. The number of nitrogens with zero attached hydrogens (tertiary/aromatic N) is 2. The number of hydrogen-bond acceptors (Lipinski definition) is 4. The Morgan fingerprint density at radius 2 is 2.00 bits per heavy atom. The second-order valence-corrected chi connectivity index (χ2v) is 4.20. The molecule has 5 heteroatoms. The average molecular weight is 271 g/mol. The fraction of sp³-hybridized carbons (Fsp3) is 0.200. The minimum atomic E-state index is -0.151. The first-order valence-corrected chi connectivity index (χ1v) is 6.33. The molecule has 5 nitrogen and oxygen atoms in total. The summed E-state index contributed by atoms with van der Waals surface area (Å²) < 4.78 is 5.14. The van der Waals surface area contributed by atoms with E-state index >= 15 is 0 Å². The normalized spacial score (nSPS) is 10.1. The molecule has 0 unspecified atom stereocenters. The molecule has 2 rings (SSSR count). The molecule has 2 N–H and O–H groups in total. The van der Waals surface area contributed by atoms with E-state index in [1.54, 1.807) is 35.4 Å². The number of aromatic nitrogens is 1. The zero-order chi connectivity index (χ0) is 14.5. The van der Waals surface area contributed by atoms with Gasteiger partial charge in [-0.1, -0.05) is 0 Å². The van der Waals surface area contributed by atoms with Gasteiger partial charge in [-0.25, -0.2) is 4.98 Å². The van der Waals surface area contributed by atoms with Crippen LogP contribution in [0.5, 0.6) is 5.88 Å². The van der Waals surface area contributed by atoms with E-state index in [2.05, 4.69) is 4.98 Å². The SMILES string of the molecule is CCN(C(=O)c1cccnc1OC)c1ccc(N)cc1. The van der Waals surface area contributed by atoms with Gasteiger partial charge in [-0.2, -0.15) is 0 Å². The first kappa shape index (κ1) is 13.9. The lowest BCUT2D eigenvalue weighted by molar-refractivity contribution is 0.0984. The van der Waals surface area contributed by atoms with Crippen LogP contribution in [0.15, 0.2) is 42.6 Å². The Labute approximate surface area is 118 Å². The van der Waals surface area contributed by atoms with Gasteiger partial charge in [0.2, 0.25) is 5.88 Å². The number of anilines is 2. The molecule has 1 amide bonds. The molecule has 0 spiro atoms. The van der Waals surface area contributed by atoms with E-state index in [1.807, 2.05) is 19.1 Å². The molecule has 0 aliphatic heterocycles. The van der Waals surface area contributed by atoms with Crippen molar-refractivity contribution in [1.82, 2.24) is 4.98 Å².